The summed E-state index contributed by atoms with van der Waals surface area (Å²) >= 11 is 0. The molecule has 0 heterocycles. The molecule has 0 spiro atoms. The highest BCUT2D eigenvalue weighted by Gasteiger charge is 2.08. The average Bonchev–Trinajstić information content (AvgIpc) is 2.96. The number of carbonyl (C=O) groups excluding carboxylic acids is 1. The first-order valence-electron chi connectivity index (χ1n) is 14.4. The van der Waals surface area contributed by atoms with Crippen LogP contribution in [0, 0.1) is 0 Å². The van der Waals surface area contributed by atoms with Gasteiger partial charge in [-0.25, -0.2) is 0 Å². The van der Waals surface area contributed by atoms with Crippen LogP contribution in [0.4, 0.5) is 0 Å². The highest BCUT2D eigenvalue weighted by atomic mass is 16.5. The summed E-state index contributed by atoms with van der Waals surface area (Å²) in [6, 6.07) is 26.0. The number of carbonyl (C=O) groups is 1. The first kappa shape index (κ1) is 29.2. The quantitative estimate of drug-likeness (QED) is 0.118. The van der Waals surface area contributed by atoms with E-state index in [4.69, 9.17) is 9.47 Å². The van der Waals surface area contributed by atoms with Crippen molar-refractivity contribution in [2.45, 2.75) is 90.8 Å². The van der Waals surface area contributed by atoms with Gasteiger partial charge in [-0.2, -0.15) is 0 Å². The molecule has 3 rings (SSSR count). The summed E-state index contributed by atoms with van der Waals surface area (Å²) in [5, 5.41) is 0. The molecular weight excluding hydrogens is 468 g/mol. The van der Waals surface area contributed by atoms with Crippen molar-refractivity contribution in [2.75, 3.05) is 0 Å². The van der Waals surface area contributed by atoms with Gasteiger partial charge in [0.15, 0.2) is 17.3 Å². The molecule has 38 heavy (non-hydrogen) atoms. The minimum absolute atomic E-state index is 0.181. The molecule has 0 fully saturated rings. The number of rotatable bonds is 19. The fourth-order valence-corrected chi connectivity index (χ4v) is 4.39. The molecule has 3 nitrogen and oxygen atoms in total. The van der Waals surface area contributed by atoms with Gasteiger partial charge in [-0.05, 0) is 41.3 Å². The second-order valence-corrected chi connectivity index (χ2v) is 9.99. The highest BCUT2D eigenvalue weighted by molar-refractivity contribution is 5.93. The zero-order valence-corrected chi connectivity index (χ0v) is 23.1. The van der Waals surface area contributed by atoms with Crippen molar-refractivity contribution < 1.29 is 14.3 Å². The van der Waals surface area contributed by atoms with Crippen LogP contribution in [0.25, 0.3) is 6.08 Å². The lowest BCUT2D eigenvalue weighted by molar-refractivity contribution is -0.114. The zero-order valence-electron chi connectivity index (χ0n) is 23.1. The normalized spacial score (nSPS) is 11.1. The highest BCUT2D eigenvalue weighted by Crippen LogP contribution is 2.30. The van der Waals surface area contributed by atoms with Crippen LogP contribution in [0.3, 0.4) is 0 Å². The van der Waals surface area contributed by atoms with E-state index in [1.165, 1.54) is 51.4 Å². The molecule has 0 saturated carbocycles. The fourth-order valence-electron chi connectivity index (χ4n) is 4.39. The molecule has 0 aliphatic carbocycles. The first-order valence-corrected chi connectivity index (χ1v) is 14.4. The number of unbranched alkanes of at least 4 members (excludes halogenated alkanes) is 9. The second kappa shape index (κ2) is 18.0. The van der Waals surface area contributed by atoms with E-state index in [2.05, 4.69) is 6.92 Å². The van der Waals surface area contributed by atoms with Crippen LogP contribution in [0.5, 0.6) is 11.5 Å². The van der Waals surface area contributed by atoms with Gasteiger partial charge in [0.2, 0.25) is 0 Å². The van der Waals surface area contributed by atoms with E-state index in [0.29, 0.717) is 31.1 Å². The summed E-state index contributed by atoms with van der Waals surface area (Å²) in [7, 11) is 0. The third-order valence-corrected chi connectivity index (χ3v) is 6.68. The van der Waals surface area contributed by atoms with Gasteiger partial charge >= 0.3 is 0 Å². The van der Waals surface area contributed by atoms with Gasteiger partial charge in [0.1, 0.15) is 13.2 Å². The predicted octanol–water partition coefficient (Wildman–Crippen LogP) is 9.74. The summed E-state index contributed by atoms with van der Waals surface area (Å²) in [5.41, 5.74) is 3.12. The Morgan fingerprint density at radius 2 is 1.16 bits per heavy atom. The number of hydrogen-bond acceptors (Lipinski definition) is 3. The maximum Gasteiger partial charge on any atom is 0.162 e. The summed E-state index contributed by atoms with van der Waals surface area (Å²) in [6.07, 6.45) is 16.9. The van der Waals surface area contributed by atoms with E-state index in [1.807, 2.05) is 84.9 Å². The van der Waals surface area contributed by atoms with Gasteiger partial charge in [0, 0.05) is 6.42 Å². The maximum absolute atomic E-state index is 12.4. The Kier molecular flexibility index (Phi) is 13.9. The first-order chi connectivity index (χ1) is 18.7. The lowest BCUT2D eigenvalue weighted by Gasteiger charge is -2.14. The molecule has 0 aliphatic rings. The Morgan fingerprint density at radius 1 is 0.632 bits per heavy atom. The van der Waals surface area contributed by atoms with Crippen molar-refractivity contribution in [3.8, 4) is 11.5 Å². The molecule has 3 aromatic carbocycles. The van der Waals surface area contributed by atoms with Gasteiger partial charge in [-0.15, -0.1) is 0 Å². The SMILES string of the molecule is CCCCCCCCCCCCC(=O)C=Cc1ccc(OCc2ccccc2)c(OCc2ccccc2)c1. The second-order valence-electron chi connectivity index (χ2n) is 9.99. The molecule has 0 amide bonds. The van der Waals surface area contributed by atoms with Crippen LogP contribution in [0.15, 0.2) is 84.9 Å². The van der Waals surface area contributed by atoms with Crippen LogP contribution in [-0.4, -0.2) is 5.78 Å². The van der Waals surface area contributed by atoms with Crippen LogP contribution in [-0.2, 0) is 18.0 Å². The summed E-state index contributed by atoms with van der Waals surface area (Å²) < 4.78 is 12.2. The van der Waals surface area contributed by atoms with Crippen molar-refractivity contribution in [1.82, 2.24) is 0 Å². The third-order valence-electron chi connectivity index (χ3n) is 6.68. The molecule has 0 saturated heterocycles. The van der Waals surface area contributed by atoms with Gasteiger partial charge in [0.05, 0.1) is 0 Å². The number of ketones is 1. The standard InChI is InChI=1S/C35H44O3/c1-2-3-4-5-6-7-8-9-10-17-22-33(36)25-23-30-24-26-34(37-28-31-18-13-11-14-19-31)35(27-30)38-29-32-20-15-12-16-21-32/h11-16,18-21,23-27H,2-10,17,22,28-29H2,1H3. The Bertz CT molecular complexity index is 1070. The molecule has 3 aromatic rings. The number of allylic oxidation sites excluding steroid dienone is 1. The Balaban J connectivity index is 1.48. The van der Waals surface area contributed by atoms with Gasteiger partial charge in [-0.1, -0.05) is 138 Å². The number of benzene rings is 3. The summed E-state index contributed by atoms with van der Waals surface area (Å²) in [4.78, 5) is 12.4. The minimum Gasteiger partial charge on any atom is -0.485 e. The topological polar surface area (TPSA) is 35.5 Å². The molecule has 3 heteroatoms. The molecule has 0 bridgehead atoms. The van der Waals surface area contributed by atoms with Gasteiger partial charge in [0.25, 0.3) is 0 Å². The monoisotopic (exact) mass is 512 g/mol. The zero-order chi connectivity index (χ0) is 26.7. The minimum atomic E-state index is 0.181. The van der Waals surface area contributed by atoms with Crippen molar-refractivity contribution >= 4 is 11.9 Å². The molecule has 202 valence electrons. The Hall–Kier alpha value is -3.33. The Morgan fingerprint density at radius 3 is 1.74 bits per heavy atom. The van der Waals surface area contributed by atoms with E-state index < -0.39 is 0 Å². The lowest BCUT2D eigenvalue weighted by Crippen LogP contribution is -2.01. The average molecular weight is 513 g/mol. The molecular formula is C35H44O3. The van der Waals surface area contributed by atoms with E-state index in [1.54, 1.807) is 6.08 Å². The Labute approximate surface area is 229 Å². The van der Waals surface area contributed by atoms with Crippen molar-refractivity contribution in [3.63, 3.8) is 0 Å². The van der Waals surface area contributed by atoms with Crippen LogP contribution in [0.2, 0.25) is 0 Å². The smallest absolute Gasteiger partial charge is 0.162 e. The maximum atomic E-state index is 12.4. The lowest BCUT2D eigenvalue weighted by atomic mass is 10.0. The molecule has 0 unspecified atom stereocenters. The van der Waals surface area contributed by atoms with E-state index >= 15 is 0 Å². The van der Waals surface area contributed by atoms with Crippen LogP contribution >= 0.6 is 0 Å². The van der Waals surface area contributed by atoms with Crippen LogP contribution in [0.1, 0.15) is 94.2 Å². The number of hydrogen-bond donors (Lipinski definition) is 0. The fraction of sp³-hybridized carbons (Fsp3) is 0.400. The predicted molar refractivity (Wildman–Crippen MR) is 158 cm³/mol. The van der Waals surface area contributed by atoms with Gasteiger partial charge < -0.3 is 9.47 Å². The van der Waals surface area contributed by atoms with E-state index in [0.717, 1.165) is 29.5 Å². The molecule has 0 aromatic heterocycles. The molecule has 0 aliphatic heterocycles. The number of ether oxygens (including phenoxy) is 2. The van der Waals surface area contributed by atoms with Crippen molar-refractivity contribution in [3.05, 3.63) is 102 Å². The van der Waals surface area contributed by atoms with Crippen LogP contribution < -0.4 is 9.47 Å². The summed E-state index contributed by atoms with van der Waals surface area (Å²) in [6.45, 7) is 3.18. The summed E-state index contributed by atoms with van der Waals surface area (Å²) in [5.74, 6) is 1.55. The molecule has 0 N–H and O–H groups in total. The van der Waals surface area contributed by atoms with E-state index in [-0.39, 0.29) is 5.78 Å². The largest absolute Gasteiger partial charge is 0.485 e. The van der Waals surface area contributed by atoms with Crippen molar-refractivity contribution in [2.24, 2.45) is 0 Å². The third kappa shape index (κ3) is 11.8. The molecule has 0 radical (unpaired) electrons. The van der Waals surface area contributed by atoms with Gasteiger partial charge in [-0.3, -0.25) is 4.79 Å². The van der Waals surface area contributed by atoms with E-state index in [9.17, 15) is 4.79 Å². The van der Waals surface area contributed by atoms with Crippen molar-refractivity contribution in [1.29, 1.82) is 0 Å². The molecule has 0 atom stereocenters.